The van der Waals surface area contributed by atoms with Crippen LogP contribution in [-0.4, -0.2) is 26.3 Å². The van der Waals surface area contributed by atoms with Crippen molar-refractivity contribution in [1.82, 2.24) is 5.32 Å². The lowest BCUT2D eigenvalue weighted by molar-refractivity contribution is 0.149. The van der Waals surface area contributed by atoms with Crippen LogP contribution in [0.3, 0.4) is 0 Å². The first-order valence-electron chi connectivity index (χ1n) is 6.61. The molecule has 0 bridgehead atoms. The van der Waals surface area contributed by atoms with E-state index in [1.54, 1.807) is 0 Å². The number of halogens is 1. The Morgan fingerprint density at radius 1 is 1.56 bits per heavy atom. The highest BCUT2D eigenvalue weighted by molar-refractivity contribution is 9.10. The molecule has 0 aliphatic carbocycles. The maximum absolute atomic E-state index is 5.65. The molecule has 2 heterocycles. The van der Waals surface area contributed by atoms with E-state index in [1.165, 1.54) is 15.8 Å². The Labute approximate surface area is 122 Å². The highest BCUT2D eigenvalue weighted by Crippen LogP contribution is 2.34. The van der Waals surface area contributed by atoms with E-state index in [0.717, 1.165) is 32.7 Å². The second kappa shape index (κ2) is 6.51. The molecule has 0 saturated carbocycles. The molecule has 18 heavy (non-hydrogen) atoms. The fourth-order valence-electron chi connectivity index (χ4n) is 2.43. The van der Waals surface area contributed by atoms with Crippen molar-refractivity contribution in [2.24, 2.45) is 11.3 Å². The first-order chi connectivity index (χ1) is 8.60. The predicted octanol–water partition coefficient (Wildman–Crippen LogP) is 3.71. The number of thiophene rings is 1. The van der Waals surface area contributed by atoms with E-state index in [-0.39, 0.29) is 0 Å². The molecular formula is C14H22BrNOS. The van der Waals surface area contributed by atoms with E-state index >= 15 is 0 Å². The Morgan fingerprint density at radius 2 is 2.39 bits per heavy atom. The van der Waals surface area contributed by atoms with Gasteiger partial charge in [-0.3, -0.25) is 0 Å². The third-order valence-corrected chi connectivity index (χ3v) is 5.11. The van der Waals surface area contributed by atoms with Gasteiger partial charge in [-0.15, -0.1) is 11.3 Å². The van der Waals surface area contributed by atoms with Crippen LogP contribution in [0.25, 0.3) is 0 Å². The van der Waals surface area contributed by atoms with Crippen molar-refractivity contribution in [3.8, 4) is 0 Å². The van der Waals surface area contributed by atoms with Crippen LogP contribution in [0.1, 0.15) is 25.1 Å². The quantitative estimate of drug-likeness (QED) is 0.858. The van der Waals surface area contributed by atoms with Crippen molar-refractivity contribution >= 4 is 27.3 Å². The van der Waals surface area contributed by atoms with E-state index in [9.17, 15) is 0 Å². The summed E-state index contributed by atoms with van der Waals surface area (Å²) in [5.74, 6) is 0.709. The Morgan fingerprint density at radius 3 is 2.94 bits per heavy atom. The second-order valence-electron chi connectivity index (χ2n) is 5.74. The van der Waals surface area contributed by atoms with Gasteiger partial charge in [0.05, 0.1) is 6.61 Å². The zero-order chi connectivity index (χ0) is 13.0. The zero-order valence-electron chi connectivity index (χ0n) is 11.2. The highest BCUT2D eigenvalue weighted by Gasteiger charge is 2.35. The minimum absolute atomic E-state index is 0.305. The van der Waals surface area contributed by atoms with Crippen LogP contribution in [0.15, 0.2) is 15.9 Å². The van der Waals surface area contributed by atoms with Gasteiger partial charge in [-0.25, -0.2) is 0 Å². The van der Waals surface area contributed by atoms with Gasteiger partial charge in [0, 0.05) is 33.3 Å². The van der Waals surface area contributed by atoms with E-state index in [2.05, 4.69) is 46.5 Å². The molecule has 102 valence electrons. The summed E-state index contributed by atoms with van der Waals surface area (Å²) < 4.78 is 6.85. The fourth-order valence-corrected chi connectivity index (χ4v) is 4.06. The van der Waals surface area contributed by atoms with Crippen LogP contribution >= 0.6 is 27.3 Å². The summed E-state index contributed by atoms with van der Waals surface area (Å²) in [6, 6.07) is 2.24. The summed E-state index contributed by atoms with van der Waals surface area (Å²) in [5, 5.41) is 5.77. The van der Waals surface area contributed by atoms with Crippen molar-refractivity contribution < 1.29 is 4.74 Å². The molecule has 0 aromatic carbocycles. The van der Waals surface area contributed by atoms with Crippen molar-refractivity contribution in [2.75, 3.05) is 26.3 Å². The number of hydrogen-bond acceptors (Lipinski definition) is 3. The van der Waals surface area contributed by atoms with Crippen LogP contribution in [0.5, 0.6) is 0 Å². The molecule has 0 spiro atoms. The third-order valence-electron chi connectivity index (χ3n) is 3.41. The number of rotatable bonds is 6. The maximum Gasteiger partial charge on any atom is 0.0538 e. The zero-order valence-corrected chi connectivity index (χ0v) is 13.6. The molecule has 1 aliphatic heterocycles. The van der Waals surface area contributed by atoms with E-state index in [4.69, 9.17) is 4.74 Å². The van der Waals surface area contributed by atoms with Crippen LogP contribution in [-0.2, 0) is 11.2 Å². The van der Waals surface area contributed by atoms with Crippen molar-refractivity contribution in [3.05, 3.63) is 20.8 Å². The standard InChI is InChI=1S/C14H22BrNOS/c1-11(2)7-16-9-14(3-4-17-10-14)6-13-5-12(15)8-18-13/h5,8,11,16H,3-4,6-7,9-10H2,1-2H3. The minimum Gasteiger partial charge on any atom is -0.381 e. The molecule has 1 aromatic rings. The normalized spacial score (nSPS) is 24.0. The third kappa shape index (κ3) is 4.05. The highest BCUT2D eigenvalue weighted by atomic mass is 79.9. The van der Waals surface area contributed by atoms with Gasteiger partial charge in [0.15, 0.2) is 0 Å². The van der Waals surface area contributed by atoms with Gasteiger partial charge >= 0.3 is 0 Å². The van der Waals surface area contributed by atoms with Gasteiger partial charge in [0.1, 0.15) is 0 Å². The Balaban J connectivity index is 1.93. The number of hydrogen-bond donors (Lipinski definition) is 1. The van der Waals surface area contributed by atoms with Crippen LogP contribution < -0.4 is 5.32 Å². The monoisotopic (exact) mass is 331 g/mol. The first-order valence-corrected chi connectivity index (χ1v) is 8.28. The molecule has 1 aromatic heterocycles. The number of nitrogens with one attached hydrogen (secondary N) is 1. The molecule has 0 radical (unpaired) electrons. The van der Waals surface area contributed by atoms with Gasteiger partial charge in [0.25, 0.3) is 0 Å². The predicted molar refractivity (Wildman–Crippen MR) is 81.3 cm³/mol. The SMILES string of the molecule is CC(C)CNCC1(Cc2cc(Br)cs2)CCOC1. The van der Waals surface area contributed by atoms with Crippen LogP contribution in [0, 0.1) is 11.3 Å². The Kier molecular flexibility index (Phi) is 5.24. The molecule has 1 aliphatic rings. The summed E-state index contributed by atoms with van der Waals surface area (Å²) in [6.07, 6.45) is 2.31. The molecule has 1 fully saturated rings. The van der Waals surface area contributed by atoms with Gasteiger partial charge < -0.3 is 10.1 Å². The molecule has 1 N–H and O–H groups in total. The molecule has 0 amide bonds. The van der Waals surface area contributed by atoms with Gasteiger partial charge in [-0.2, -0.15) is 0 Å². The summed E-state index contributed by atoms with van der Waals surface area (Å²) in [5.41, 5.74) is 0.305. The first kappa shape index (κ1) is 14.5. The lowest BCUT2D eigenvalue weighted by Gasteiger charge is -2.27. The lowest BCUT2D eigenvalue weighted by atomic mass is 9.83. The van der Waals surface area contributed by atoms with Gasteiger partial charge in [0.2, 0.25) is 0 Å². The molecule has 2 rings (SSSR count). The summed E-state index contributed by atoms with van der Waals surface area (Å²) in [6.45, 7) is 8.47. The average Bonchev–Trinajstić information content (AvgIpc) is 2.89. The average molecular weight is 332 g/mol. The Bertz CT molecular complexity index is 372. The van der Waals surface area contributed by atoms with Crippen molar-refractivity contribution in [2.45, 2.75) is 26.7 Å². The number of ether oxygens (including phenoxy) is 1. The molecule has 1 saturated heterocycles. The van der Waals surface area contributed by atoms with Crippen molar-refractivity contribution in [1.29, 1.82) is 0 Å². The smallest absolute Gasteiger partial charge is 0.0538 e. The van der Waals surface area contributed by atoms with E-state index in [0.29, 0.717) is 11.3 Å². The lowest BCUT2D eigenvalue weighted by Crippen LogP contribution is -2.38. The van der Waals surface area contributed by atoms with Gasteiger partial charge in [-0.05, 0) is 47.3 Å². The molecule has 2 nitrogen and oxygen atoms in total. The summed E-state index contributed by atoms with van der Waals surface area (Å²) in [4.78, 5) is 1.46. The van der Waals surface area contributed by atoms with Gasteiger partial charge in [-0.1, -0.05) is 13.8 Å². The molecule has 4 heteroatoms. The van der Waals surface area contributed by atoms with Crippen LogP contribution in [0.4, 0.5) is 0 Å². The maximum atomic E-state index is 5.65. The summed E-state index contributed by atoms with van der Waals surface area (Å²) in [7, 11) is 0. The van der Waals surface area contributed by atoms with E-state index in [1.807, 2.05) is 11.3 Å². The molecular weight excluding hydrogens is 310 g/mol. The largest absolute Gasteiger partial charge is 0.381 e. The fraction of sp³-hybridized carbons (Fsp3) is 0.714. The molecule has 1 unspecified atom stereocenters. The Hall–Kier alpha value is 0.1000. The van der Waals surface area contributed by atoms with Crippen molar-refractivity contribution in [3.63, 3.8) is 0 Å². The minimum atomic E-state index is 0.305. The summed E-state index contributed by atoms with van der Waals surface area (Å²) >= 11 is 5.38. The molecule has 1 atom stereocenters. The van der Waals surface area contributed by atoms with E-state index < -0.39 is 0 Å². The topological polar surface area (TPSA) is 21.3 Å². The second-order valence-corrected chi connectivity index (χ2v) is 7.65. The van der Waals surface area contributed by atoms with Crippen LogP contribution in [0.2, 0.25) is 0 Å².